The van der Waals surface area contributed by atoms with Gasteiger partial charge in [0.2, 0.25) is 10.0 Å². The highest BCUT2D eigenvalue weighted by Crippen LogP contribution is 2.43. The Morgan fingerprint density at radius 2 is 1.77 bits per heavy atom. The number of hydrogen-bond acceptors (Lipinski definition) is 5. The predicted molar refractivity (Wildman–Crippen MR) is 118 cm³/mol. The molecule has 2 aromatic rings. The number of sulfonamides is 1. The van der Waals surface area contributed by atoms with Gasteiger partial charge in [0, 0.05) is 0 Å². The number of nitrogens with zero attached hydrogens (tertiary/aromatic N) is 1. The van der Waals surface area contributed by atoms with E-state index in [1.165, 1.54) is 17.7 Å². The molecule has 0 aromatic heterocycles. The van der Waals surface area contributed by atoms with Gasteiger partial charge in [0.05, 0.1) is 11.1 Å². The molecule has 1 heterocycles. The normalized spacial score (nSPS) is 22.8. The van der Waals surface area contributed by atoms with Crippen LogP contribution in [0.1, 0.15) is 30.1 Å². The average molecular weight is 470 g/mol. The second-order valence-electron chi connectivity index (χ2n) is 7.96. The van der Waals surface area contributed by atoms with Gasteiger partial charge in [0.1, 0.15) is 21.8 Å². The van der Waals surface area contributed by atoms with Gasteiger partial charge < -0.3 is 10.5 Å². The van der Waals surface area contributed by atoms with Gasteiger partial charge in [0.15, 0.2) is 0 Å². The zero-order chi connectivity index (χ0) is 21.5. The van der Waals surface area contributed by atoms with Gasteiger partial charge in [-0.2, -0.15) is 0 Å². The molecule has 0 unspecified atom stereocenters. The van der Waals surface area contributed by atoms with E-state index in [-0.39, 0.29) is 27.1 Å². The second-order valence-corrected chi connectivity index (χ2v) is 10.2. The van der Waals surface area contributed by atoms with Crippen LogP contribution >= 0.6 is 23.2 Å². The molecular weight excluding hydrogens is 445 g/mol. The molecule has 162 valence electrons. The summed E-state index contributed by atoms with van der Waals surface area (Å²) in [6, 6.07) is 11.2. The van der Waals surface area contributed by atoms with Gasteiger partial charge in [0.25, 0.3) is 0 Å². The number of benzene rings is 2. The number of halogens is 2. The quantitative estimate of drug-likeness (QED) is 0.699. The van der Waals surface area contributed by atoms with E-state index in [0.717, 1.165) is 44.5 Å². The number of rotatable bonds is 5. The largest absolute Gasteiger partial charge is 0.482 e. The van der Waals surface area contributed by atoms with E-state index >= 15 is 0 Å². The molecule has 2 aromatic carbocycles. The van der Waals surface area contributed by atoms with Gasteiger partial charge in [-0.15, -0.1) is 0 Å². The van der Waals surface area contributed by atoms with Crippen LogP contribution in [0.4, 0.5) is 0 Å². The monoisotopic (exact) mass is 469 g/mol. The molecule has 1 fully saturated rings. The SMILES string of the molecule is NCC1CCN([C@@H]2Cc3ccccc3[C@H]2Oc2ccc(S(N)(=O)=O)c(Cl)c2Cl)CC1. The summed E-state index contributed by atoms with van der Waals surface area (Å²) in [4.78, 5) is 2.25. The van der Waals surface area contributed by atoms with Crippen LogP contribution < -0.4 is 15.6 Å². The summed E-state index contributed by atoms with van der Waals surface area (Å²) >= 11 is 12.6. The Morgan fingerprint density at radius 1 is 1.07 bits per heavy atom. The third-order valence-corrected chi connectivity index (χ3v) is 8.09. The Kier molecular flexibility index (Phi) is 6.30. The van der Waals surface area contributed by atoms with Gasteiger partial charge in [-0.3, -0.25) is 4.90 Å². The predicted octanol–water partition coefficient (Wildman–Crippen LogP) is 3.36. The van der Waals surface area contributed by atoms with Crippen molar-refractivity contribution in [3.8, 4) is 5.75 Å². The molecule has 9 heteroatoms. The Bertz CT molecular complexity index is 1040. The minimum atomic E-state index is -3.97. The maximum atomic E-state index is 11.7. The molecular formula is C21H25Cl2N3O3S. The lowest BCUT2D eigenvalue weighted by molar-refractivity contribution is 0.0539. The van der Waals surface area contributed by atoms with E-state index < -0.39 is 10.0 Å². The fourth-order valence-electron chi connectivity index (χ4n) is 4.48. The molecule has 0 saturated carbocycles. The molecule has 4 rings (SSSR count). The fraction of sp³-hybridized carbons (Fsp3) is 0.429. The maximum absolute atomic E-state index is 11.7. The van der Waals surface area contributed by atoms with Crippen molar-refractivity contribution in [1.29, 1.82) is 0 Å². The van der Waals surface area contributed by atoms with Crippen molar-refractivity contribution in [2.75, 3.05) is 19.6 Å². The van der Waals surface area contributed by atoms with Crippen molar-refractivity contribution in [3.63, 3.8) is 0 Å². The first-order valence-corrected chi connectivity index (χ1v) is 12.3. The molecule has 1 aliphatic carbocycles. The van der Waals surface area contributed by atoms with Gasteiger partial charge in [-0.05, 0) is 68.1 Å². The summed E-state index contributed by atoms with van der Waals surface area (Å²) < 4.78 is 29.8. The van der Waals surface area contributed by atoms with Crippen molar-refractivity contribution >= 4 is 33.2 Å². The number of hydrogen-bond donors (Lipinski definition) is 2. The van der Waals surface area contributed by atoms with Crippen molar-refractivity contribution in [2.45, 2.75) is 36.3 Å². The van der Waals surface area contributed by atoms with E-state index in [9.17, 15) is 8.42 Å². The lowest BCUT2D eigenvalue weighted by Gasteiger charge is -2.38. The highest BCUT2D eigenvalue weighted by atomic mass is 35.5. The number of piperidine rings is 1. The Morgan fingerprint density at radius 3 is 2.43 bits per heavy atom. The smallest absolute Gasteiger partial charge is 0.239 e. The van der Waals surface area contributed by atoms with E-state index in [2.05, 4.69) is 17.0 Å². The molecule has 0 amide bonds. The number of likely N-dealkylation sites (tertiary alicyclic amines) is 1. The molecule has 0 radical (unpaired) electrons. The van der Waals surface area contributed by atoms with Gasteiger partial charge >= 0.3 is 0 Å². The second kappa shape index (κ2) is 8.65. The van der Waals surface area contributed by atoms with E-state index in [4.69, 9.17) is 38.8 Å². The van der Waals surface area contributed by atoms with Crippen molar-refractivity contribution < 1.29 is 13.2 Å². The third-order valence-electron chi connectivity index (χ3n) is 6.16. The van der Waals surface area contributed by atoms with Gasteiger partial charge in [-0.1, -0.05) is 47.5 Å². The van der Waals surface area contributed by atoms with Crippen LogP contribution in [0, 0.1) is 5.92 Å². The number of nitrogens with two attached hydrogens (primary N) is 2. The maximum Gasteiger partial charge on any atom is 0.239 e. The fourth-order valence-corrected chi connectivity index (χ4v) is 5.84. The van der Waals surface area contributed by atoms with Crippen LogP contribution in [-0.2, 0) is 16.4 Å². The zero-order valence-electron chi connectivity index (χ0n) is 16.4. The minimum absolute atomic E-state index is 0.0492. The number of fused-ring (bicyclic) bond motifs is 1. The average Bonchev–Trinajstić information content (AvgIpc) is 3.09. The first-order valence-electron chi connectivity index (χ1n) is 9.99. The van der Waals surface area contributed by atoms with Crippen LogP contribution in [0.5, 0.6) is 5.75 Å². The highest BCUT2D eigenvalue weighted by molar-refractivity contribution is 7.89. The molecule has 1 aliphatic heterocycles. The summed E-state index contributed by atoms with van der Waals surface area (Å²) in [5.41, 5.74) is 8.22. The van der Waals surface area contributed by atoms with E-state index in [0.29, 0.717) is 11.7 Å². The Hall–Kier alpha value is -1.35. The van der Waals surface area contributed by atoms with Crippen LogP contribution in [0.2, 0.25) is 10.0 Å². The standard InChI is InChI=1S/C21H25Cl2N3O3S/c22-19-17(5-6-18(20(19)23)30(25,27)28)29-21-15-4-2-1-3-14(15)11-16(21)26-9-7-13(12-24)8-10-26/h1-6,13,16,21H,7-12,24H2,(H2,25,27,28)/t16-,21-/m1/s1. The summed E-state index contributed by atoms with van der Waals surface area (Å²) in [6.07, 6.45) is 2.80. The molecule has 4 N–H and O–H groups in total. The Balaban J connectivity index is 1.64. The summed E-state index contributed by atoms with van der Waals surface area (Å²) in [6.45, 7) is 2.67. The molecule has 1 saturated heterocycles. The van der Waals surface area contributed by atoms with E-state index in [1.54, 1.807) is 0 Å². The minimum Gasteiger partial charge on any atom is -0.482 e. The van der Waals surface area contributed by atoms with Crippen LogP contribution in [0.25, 0.3) is 0 Å². The Labute approximate surface area is 187 Å². The first kappa shape index (κ1) is 21.9. The first-order chi connectivity index (χ1) is 14.3. The van der Waals surface area contributed by atoms with Crippen molar-refractivity contribution in [1.82, 2.24) is 4.90 Å². The molecule has 0 spiro atoms. The zero-order valence-corrected chi connectivity index (χ0v) is 18.8. The highest BCUT2D eigenvalue weighted by Gasteiger charge is 2.39. The molecule has 30 heavy (non-hydrogen) atoms. The van der Waals surface area contributed by atoms with Gasteiger partial charge in [-0.25, -0.2) is 13.6 Å². The lowest BCUT2D eigenvalue weighted by atomic mass is 9.95. The van der Waals surface area contributed by atoms with E-state index in [1.807, 2.05) is 12.1 Å². The van der Waals surface area contributed by atoms with Crippen LogP contribution in [-0.4, -0.2) is 39.0 Å². The molecule has 2 atom stereocenters. The van der Waals surface area contributed by atoms with Crippen molar-refractivity contribution in [3.05, 3.63) is 57.6 Å². The van der Waals surface area contributed by atoms with Crippen LogP contribution in [0.3, 0.4) is 0 Å². The third kappa shape index (κ3) is 4.20. The summed E-state index contributed by atoms with van der Waals surface area (Å²) in [7, 11) is -3.97. The van der Waals surface area contributed by atoms with Crippen molar-refractivity contribution in [2.24, 2.45) is 16.8 Å². The number of ether oxygens (including phenoxy) is 1. The number of primary sulfonamides is 1. The lowest BCUT2D eigenvalue weighted by Crippen LogP contribution is -2.45. The van der Waals surface area contributed by atoms with Crippen LogP contribution in [0.15, 0.2) is 41.3 Å². The topological polar surface area (TPSA) is 98.6 Å². The summed E-state index contributed by atoms with van der Waals surface area (Å²) in [5.74, 6) is 0.918. The molecule has 0 bridgehead atoms. The molecule has 6 nitrogen and oxygen atoms in total. The molecule has 2 aliphatic rings. The summed E-state index contributed by atoms with van der Waals surface area (Å²) in [5, 5.41) is 5.15.